The summed E-state index contributed by atoms with van der Waals surface area (Å²) in [6.07, 6.45) is 17.7. The number of carbonyl (C=O) groups excluding carboxylic acids is 4. The van der Waals surface area contributed by atoms with E-state index in [1.807, 2.05) is 36.4 Å². The van der Waals surface area contributed by atoms with Gasteiger partial charge >= 0.3 is 0 Å². The van der Waals surface area contributed by atoms with E-state index in [1.54, 1.807) is 0 Å². The maximum absolute atomic E-state index is 14.4. The van der Waals surface area contributed by atoms with Crippen molar-refractivity contribution in [3.63, 3.8) is 0 Å². The van der Waals surface area contributed by atoms with Gasteiger partial charge in [0.15, 0.2) is 0 Å². The van der Waals surface area contributed by atoms with E-state index in [0.717, 1.165) is 105 Å². The summed E-state index contributed by atoms with van der Waals surface area (Å²) >= 11 is 7.78. The summed E-state index contributed by atoms with van der Waals surface area (Å²) in [5.74, 6) is -0.395. The summed E-state index contributed by atoms with van der Waals surface area (Å²) in [5.41, 5.74) is 2.16. The molecule has 2 unspecified atom stereocenters. The van der Waals surface area contributed by atoms with Gasteiger partial charge < -0.3 is 0 Å². The van der Waals surface area contributed by atoms with Gasteiger partial charge in [-0.05, 0) is 72.6 Å². The van der Waals surface area contributed by atoms with Crippen LogP contribution in [0.5, 0.6) is 0 Å². The minimum atomic E-state index is -0.240. The molecule has 0 saturated carbocycles. The van der Waals surface area contributed by atoms with Gasteiger partial charge in [0, 0.05) is 76.6 Å². The number of hydrogen-bond acceptors (Lipinski definition) is 4. The fourth-order valence-corrected chi connectivity index (χ4v) is 11.0. The Kier molecular flexibility index (Phi) is 12.9. The maximum atomic E-state index is 14.4. The molecule has 0 spiro atoms. The second kappa shape index (κ2) is 17.6. The largest absolute Gasteiger partial charge is 0.274 e. The molecule has 2 atom stereocenters. The first kappa shape index (κ1) is 40.8. The van der Waals surface area contributed by atoms with Crippen LogP contribution in [0.3, 0.4) is 0 Å². The fourth-order valence-electron chi connectivity index (χ4n) is 9.68. The number of carbonyl (C=O) groups is 4. The molecule has 0 aliphatic carbocycles. The van der Waals surface area contributed by atoms with E-state index in [1.165, 1.54) is 48.3 Å². The van der Waals surface area contributed by atoms with Gasteiger partial charge in [0.05, 0.1) is 0 Å². The zero-order chi connectivity index (χ0) is 39.7. The Labute approximate surface area is 348 Å². The summed E-state index contributed by atoms with van der Waals surface area (Å²) in [7, 11) is 0. The van der Waals surface area contributed by atoms with Crippen LogP contribution in [0.2, 0.25) is 0 Å². The van der Waals surface area contributed by atoms with Crippen molar-refractivity contribution < 1.29 is 19.2 Å². The van der Waals surface area contributed by atoms with Crippen molar-refractivity contribution >= 4 is 98.6 Å². The number of imide groups is 2. The second-order valence-electron chi connectivity index (χ2n) is 16.5. The molecule has 0 bridgehead atoms. The molecule has 2 aliphatic rings. The minimum absolute atomic E-state index is 0.230. The lowest BCUT2D eigenvalue weighted by atomic mass is 9.82. The molecule has 4 amide bonds. The molecule has 56 heavy (non-hydrogen) atoms. The molecule has 7 rings (SSSR count). The van der Waals surface area contributed by atoms with Gasteiger partial charge in [0.1, 0.15) is 0 Å². The quantitative estimate of drug-likeness (QED) is 0.0338. The Morgan fingerprint density at radius 2 is 0.786 bits per heavy atom. The highest BCUT2D eigenvalue weighted by molar-refractivity contribution is 9.11. The van der Waals surface area contributed by atoms with Gasteiger partial charge in [0.25, 0.3) is 23.6 Å². The van der Waals surface area contributed by atoms with Crippen molar-refractivity contribution in [1.82, 2.24) is 9.80 Å². The predicted molar refractivity (Wildman–Crippen MR) is 237 cm³/mol. The second-order valence-corrected chi connectivity index (χ2v) is 18.2. The number of halogens is 2. The first-order valence-corrected chi connectivity index (χ1v) is 23.1. The van der Waals surface area contributed by atoms with Crippen LogP contribution in [0.4, 0.5) is 0 Å². The molecule has 2 aliphatic heterocycles. The lowest BCUT2D eigenvalue weighted by Crippen LogP contribution is -2.43. The van der Waals surface area contributed by atoms with Crippen molar-refractivity contribution in [2.24, 2.45) is 11.8 Å². The molecule has 6 nitrogen and oxygen atoms in total. The summed E-state index contributed by atoms with van der Waals surface area (Å²) < 4.78 is 1.50. The van der Waals surface area contributed by atoms with E-state index >= 15 is 0 Å². The lowest BCUT2D eigenvalue weighted by Gasteiger charge is -2.33. The average molecular weight is 885 g/mol. The van der Waals surface area contributed by atoms with E-state index in [9.17, 15) is 19.2 Å². The van der Waals surface area contributed by atoms with E-state index in [0.29, 0.717) is 46.1 Å². The molecule has 2 heterocycles. The van der Waals surface area contributed by atoms with Crippen LogP contribution >= 0.6 is 31.9 Å². The van der Waals surface area contributed by atoms with Gasteiger partial charge in [-0.3, -0.25) is 29.0 Å². The highest BCUT2D eigenvalue weighted by Crippen LogP contribution is 2.50. The van der Waals surface area contributed by atoms with E-state index in [2.05, 4.69) is 59.6 Å². The van der Waals surface area contributed by atoms with Gasteiger partial charge in [0.2, 0.25) is 0 Å². The molecule has 0 aromatic heterocycles. The maximum Gasteiger partial charge on any atom is 0.261 e. The smallest absolute Gasteiger partial charge is 0.261 e. The van der Waals surface area contributed by atoms with Crippen LogP contribution in [0, 0.1) is 11.8 Å². The predicted octanol–water partition coefficient (Wildman–Crippen LogP) is 14.0. The van der Waals surface area contributed by atoms with Crippen molar-refractivity contribution in [2.75, 3.05) is 13.1 Å². The van der Waals surface area contributed by atoms with Crippen molar-refractivity contribution in [2.45, 2.75) is 130 Å². The van der Waals surface area contributed by atoms with E-state index in [4.69, 9.17) is 0 Å². The first-order chi connectivity index (χ1) is 27.2. The number of unbranched alkanes of at least 4 members (excludes halogenated alkanes) is 8. The molecule has 0 saturated heterocycles. The zero-order valence-corrected chi connectivity index (χ0v) is 36.8. The molecule has 5 aromatic rings. The summed E-state index contributed by atoms with van der Waals surface area (Å²) in [6, 6.07) is 11.5. The zero-order valence-electron chi connectivity index (χ0n) is 33.6. The standard InChI is InChI=1S/C48H56Br2N2O4/c1-5-9-13-15-19-29(17-11-7-3)27-51-45(53)33-23-21-31-42-38(50)26-36-40-34(46(54)52(48(36)56)28-30(18-12-8-4)20-16-14-10-6-2)24-22-32(44(40)42)41-37(49)25-35(47(51)55)39(33)43(31)41/h21-26,29-30H,5-20,27-28H2,1-4H3. The van der Waals surface area contributed by atoms with Crippen molar-refractivity contribution in [1.29, 1.82) is 0 Å². The molecule has 296 valence electrons. The van der Waals surface area contributed by atoms with Crippen LogP contribution < -0.4 is 0 Å². The molecular formula is C48H56Br2N2O4. The Morgan fingerprint density at radius 3 is 1.16 bits per heavy atom. The first-order valence-electron chi connectivity index (χ1n) is 21.5. The molecule has 0 radical (unpaired) electrons. The summed E-state index contributed by atoms with van der Waals surface area (Å²) in [5, 5.41) is 6.58. The third-order valence-corrected chi connectivity index (χ3v) is 13.9. The van der Waals surface area contributed by atoms with Crippen LogP contribution in [-0.2, 0) is 0 Å². The number of rotatable bonds is 20. The van der Waals surface area contributed by atoms with Gasteiger partial charge in [-0.15, -0.1) is 0 Å². The Morgan fingerprint density at radius 1 is 0.429 bits per heavy atom. The molecule has 5 aromatic carbocycles. The van der Waals surface area contributed by atoms with Crippen LogP contribution in [0.15, 0.2) is 45.3 Å². The number of hydrogen-bond donors (Lipinski definition) is 0. The lowest BCUT2D eigenvalue weighted by molar-refractivity contribution is 0.0563. The number of benzene rings is 5. The fraction of sp³-hybridized carbons (Fsp3) is 0.500. The van der Waals surface area contributed by atoms with Crippen molar-refractivity contribution in [3.8, 4) is 0 Å². The Bertz CT molecular complexity index is 2150. The number of nitrogens with zero attached hydrogens (tertiary/aromatic N) is 2. The highest BCUT2D eigenvalue weighted by Gasteiger charge is 2.39. The van der Waals surface area contributed by atoms with Crippen LogP contribution in [-0.4, -0.2) is 46.5 Å². The summed E-state index contributed by atoms with van der Waals surface area (Å²) in [4.78, 5) is 60.7. The average Bonchev–Trinajstić information content (AvgIpc) is 3.19. The molecular weight excluding hydrogens is 828 g/mol. The topological polar surface area (TPSA) is 74.8 Å². The number of fused-ring (bicyclic) bond motifs is 2. The Balaban J connectivity index is 1.32. The SMILES string of the molecule is CCCCCCC(CCCC)CN1C(=O)c2ccc3c4c(Br)cc5c6c(ccc(c7c(Br)cc(c2c37)C1=O)c64)C(=O)N(CC(CCCC)CCCCCC)C5=O. The van der Waals surface area contributed by atoms with Gasteiger partial charge in [-0.25, -0.2) is 0 Å². The molecule has 0 N–H and O–H groups in total. The molecule has 8 heteroatoms. The van der Waals surface area contributed by atoms with Gasteiger partial charge in [-0.2, -0.15) is 0 Å². The monoisotopic (exact) mass is 882 g/mol. The number of amides is 4. The third-order valence-electron chi connectivity index (χ3n) is 12.7. The van der Waals surface area contributed by atoms with Gasteiger partial charge in [-0.1, -0.05) is 149 Å². The minimum Gasteiger partial charge on any atom is -0.274 e. The summed E-state index contributed by atoms with van der Waals surface area (Å²) in [6.45, 7) is 9.67. The Hall–Kier alpha value is -3.36. The van der Waals surface area contributed by atoms with E-state index in [-0.39, 0.29) is 35.5 Å². The van der Waals surface area contributed by atoms with Crippen molar-refractivity contribution in [3.05, 3.63) is 67.6 Å². The van der Waals surface area contributed by atoms with E-state index < -0.39 is 0 Å². The molecule has 0 fully saturated rings. The third kappa shape index (κ3) is 7.31. The normalized spacial score (nSPS) is 15.5. The van der Waals surface area contributed by atoms with Crippen LogP contribution in [0.1, 0.15) is 172 Å². The highest BCUT2D eigenvalue weighted by atomic mass is 79.9. The van der Waals surface area contributed by atoms with Crippen LogP contribution in [0.25, 0.3) is 43.1 Å².